The van der Waals surface area contributed by atoms with E-state index in [1.54, 1.807) is 12.3 Å². The van der Waals surface area contributed by atoms with Gasteiger partial charge in [0.25, 0.3) is 0 Å². The first kappa shape index (κ1) is 20.8. The van der Waals surface area contributed by atoms with Crippen molar-refractivity contribution in [2.45, 2.75) is 31.3 Å². The normalized spacial score (nSPS) is 14.5. The van der Waals surface area contributed by atoms with Gasteiger partial charge in [0.15, 0.2) is 0 Å². The molecule has 0 atom stereocenters. The Morgan fingerprint density at radius 3 is 2.19 bits per heavy atom. The molecule has 1 aromatic heterocycles. The number of benzene rings is 2. The second kappa shape index (κ2) is 10.1. The molecule has 1 aliphatic rings. The number of ether oxygens (including phenoxy) is 2. The van der Waals surface area contributed by atoms with Crippen LogP contribution in [0.25, 0.3) is 0 Å². The molecule has 31 heavy (non-hydrogen) atoms. The van der Waals surface area contributed by atoms with E-state index in [0.29, 0.717) is 25.4 Å². The molecule has 0 aliphatic carbocycles. The molecule has 4 rings (SSSR count). The average Bonchev–Trinajstić information content (AvgIpc) is 2.84. The van der Waals surface area contributed by atoms with E-state index in [2.05, 4.69) is 34.2 Å². The lowest BCUT2D eigenvalue weighted by Gasteiger charge is -2.33. The molecule has 2 heterocycles. The van der Waals surface area contributed by atoms with Gasteiger partial charge < -0.3 is 14.4 Å². The molecule has 0 spiro atoms. The van der Waals surface area contributed by atoms with Gasteiger partial charge in [-0.15, -0.1) is 0 Å². The van der Waals surface area contributed by atoms with Crippen LogP contribution < -0.4 is 9.47 Å². The molecule has 1 aliphatic heterocycles. The third-order valence-corrected chi connectivity index (χ3v) is 5.66. The van der Waals surface area contributed by atoms with Crippen molar-refractivity contribution in [2.75, 3.05) is 20.2 Å². The number of hydrogen-bond donors (Lipinski definition) is 0. The Hall–Kier alpha value is -3.41. The van der Waals surface area contributed by atoms with Crippen LogP contribution in [0.1, 0.15) is 36.3 Å². The van der Waals surface area contributed by atoms with Crippen LogP contribution in [0.5, 0.6) is 11.9 Å². The van der Waals surface area contributed by atoms with Crippen LogP contribution >= 0.6 is 0 Å². The van der Waals surface area contributed by atoms with Crippen molar-refractivity contribution in [1.82, 2.24) is 14.9 Å². The summed E-state index contributed by atoms with van der Waals surface area (Å²) in [5.41, 5.74) is 2.33. The van der Waals surface area contributed by atoms with Crippen LogP contribution in [0.2, 0.25) is 0 Å². The SMILES string of the molecule is COc1nccc(OC2CCN(C(=O)CC(c3ccccc3)c3ccccc3)CC2)n1. The maximum absolute atomic E-state index is 13.2. The maximum atomic E-state index is 13.2. The molecule has 1 amide bonds. The topological polar surface area (TPSA) is 64.6 Å². The van der Waals surface area contributed by atoms with Crippen LogP contribution in [0.3, 0.4) is 0 Å². The van der Waals surface area contributed by atoms with Gasteiger partial charge in [-0.2, -0.15) is 4.98 Å². The Morgan fingerprint density at radius 1 is 1.00 bits per heavy atom. The Morgan fingerprint density at radius 2 is 1.61 bits per heavy atom. The summed E-state index contributed by atoms with van der Waals surface area (Å²) in [7, 11) is 1.53. The van der Waals surface area contributed by atoms with Crippen LogP contribution in [0.4, 0.5) is 0 Å². The van der Waals surface area contributed by atoms with Gasteiger partial charge in [0.05, 0.1) is 7.11 Å². The number of carbonyl (C=O) groups excluding carboxylic acids is 1. The van der Waals surface area contributed by atoms with Crippen molar-refractivity contribution >= 4 is 5.91 Å². The Kier molecular flexibility index (Phi) is 6.77. The van der Waals surface area contributed by atoms with E-state index in [0.717, 1.165) is 24.0 Å². The first-order valence-electron chi connectivity index (χ1n) is 10.6. The summed E-state index contributed by atoms with van der Waals surface area (Å²) in [4.78, 5) is 23.3. The first-order valence-corrected chi connectivity index (χ1v) is 10.6. The number of aromatic nitrogens is 2. The molecule has 1 saturated heterocycles. The minimum Gasteiger partial charge on any atom is -0.474 e. The average molecular weight is 418 g/mol. The lowest BCUT2D eigenvalue weighted by atomic mass is 9.88. The van der Waals surface area contributed by atoms with E-state index >= 15 is 0 Å². The largest absolute Gasteiger partial charge is 0.474 e. The lowest BCUT2D eigenvalue weighted by Crippen LogP contribution is -2.42. The molecule has 0 saturated carbocycles. The zero-order valence-electron chi connectivity index (χ0n) is 17.7. The molecule has 160 valence electrons. The standard InChI is InChI=1S/C25H27N3O3/c1-30-25-26-15-12-23(27-25)31-21-13-16-28(17-14-21)24(29)18-22(19-8-4-2-5-9-19)20-10-6-3-7-11-20/h2-12,15,21-22H,13-14,16-18H2,1H3. The van der Waals surface area contributed by atoms with Crippen molar-refractivity contribution in [3.05, 3.63) is 84.1 Å². The van der Waals surface area contributed by atoms with Crippen molar-refractivity contribution in [3.8, 4) is 11.9 Å². The Balaban J connectivity index is 1.37. The highest BCUT2D eigenvalue weighted by atomic mass is 16.5. The molecule has 0 bridgehead atoms. The number of likely N-dealkylation sites (tertiary alicyclic amines) is 1. The van der Waals surface area contributed by atoms with Crippen molar-refractivity contribution in [3.63, 3.8) is 0 Å². The highest BCUT2D eigenvalue weighted by Gasteiger charge is 2.27. The quantitative estimate of drug-likeness (QED) is 0.580. The summed E-state index contributed by atoms with van der Waals surface area (Å²) in [6, 6.07) is 22.5. The number of piperidine rings is 1. The molecule has 6 nitrogen and oxygen atoms in total. The molecule has 0 radical (unpaired) electrons. The van der Waals surface area contributed by atoms with E-state index in [9.17, 15) is 4.79 Å². The Labute approximate surface area is 182 Å². The fraction of sp³-hybridized carbons (Fsp3) is 0.320. The van der Waals surface area contributed by atoms with Crippen molar-refractivity contribution in [2.24, 2.45) is 0 Å². The van der Waals surface area contributed by atoms with E-state index in [1.807, 2.05) is 41.3 Å². The number of methoxy groups -OCH3 is 1. The van der Waals surface area contributed by atoms with Gasteiger partial charge in [-0.3, -0.25) is 4.79 Å². The Bertz CT molecular complexity index is 934. The number of carbonyl (C=O) groups is 1. The van der Waals surface area contributed by atoms with Crippen LogP contribution in [-0.2, 0) is 4.79 Å². The van der Waals surface area contributed by atoms with E-state index < -0.39 is 0 Å². The second-order valence-corrected chi connectivity index (χ2v) is 7.66. The minimum atomic E-state index is 0.0303. The smallest absolute Gasteiger partial charge is 0.319 e. The predicted octanol–water partition coefficient (Wildman–Crippen LogP) is 4.08. The maximum Gasteiger partial charge on any atom is 0.319 e. The van der Waals surface area contributed by atoms with Crippen LogP contribution in [0, 0.1) is 0 Å². The van der Waals surface area contributed by atoms with Gasteiger partial charge in [-0.05, 0) is 11.1 Å². The minimum absolute atomic E-state index is 0.0303. The monoisotopic (exact) mass is 417 g/mol. The number of hydrogen-bond acceptors (Lipinski definition) is 5. The van der Waals surface area contributed by atoms with Crippen molar-refractivity contribution < 1.29 is 14.3 Å². The van der Waals surface area contributed by atoms with Gasteiger partial charge in [-0.25, -0.2) is 4.98 Å². The van der Waals surface area contributed by atoms with Crippen LogP contribution in [0.15, 0.2) is 72.9 Å². The molecular formula is C25H27N3O3. The van der Waals surface area contributed by atoms with E-state index in [-0.39, 0.29) is 23.9 Å². The number of nitrogens with zero attached hydrogens (tertiary/aromatic N) is 3. The summed E-state index contributed by atoms with van der Waals surface area (Å²) >= 11 is 0. The summed E-state index contributed by atoms with van der Waals surface area (Å²) in [5, 5.41) is 0. The van der Waals surface area contributed by atoms with Gasteiger partial charge in [-0.1, -0.05) is 60.7 Å². The van der Waals surface area contributed by atoms with Gasteiger partial charge >= 0.3 is 6.01 Å². The molecule has 6 heteroatoms. The fourth-order valence-electron chi connectivity index (χ4n) is 3.99. The summed E-state index contributed by atoms with van der Waals surface area (Å²) < 4.78 is 11.0. The first-order chi connectivity index (χ1) is 15.2. The summed E-state index contributed by atoms with van der Waals surface area (Å²) in [6.07, 6.45) is 3.66. The molecule has 0 unspecified atom stereocenters. The summed E-state index contributed by atoms with van der Waals surface area (Å²) in [5.74, 6) is 0.738. The van der Waals surface area contributed by atoms with E-state index in [4.69, 9.17) is 9.47 Å². The van der Waals surface area contributed by atoms with Crippen LogP contribution in [-0.4, -0.2) is 47.1 Å². The lowest BCUT2D eigenvalue weighted by molar-refractivity contribution is -0.133. The van der Waals surface area contributed by atoms with E-state index in [1.165, 1.54) is 7.11 Å². The molecule has 1 fully saturated rings. The third-order valence-electron chi connectivity index (χ3n) is 5.66. The van der Waals surface area contributed by atoms with Gasteiger partial charge in [0.1, 0.15) is 6.10 Å². The molecule has 3 aromatic rings. The third kappa shape index (κ3) is 5.40. The summed E-state index contributed by atoms with van der Waals surface area (Å²) in [6.45, 7) is 1.37. The molecule has 2 aromatic carbocycles. The zero-order chi connectivity index (χ0) is 21.5. The second-order valence-electron chi connectivity index (χ2n) is 7.66. The van der Waals surface area contributed by atoms with Gasteiger partial charge in [0, 0.05) is 50.5 Å². The molecule has 0 N–H and O–H groups in total. The van der Waals surface area contributed by atoms with Gasteiger partial charge in [0.2, 0.25) is 11.8 Å². The highest BCUT2D eigenvalue weighted by molar-refractivity contribution is 5.78. The highest BCUT2D eigenvalue weighted by Crippen LogP contribution is 2.29. The zero-order valence-corrected chi connectivity index (χ0v) is 17.7. The molecular weight excluding hydrogens is 390 g/mol. The van der Waals surface area contributed by atoms with Crippen molar-refractivity contribution in [1.29, 1.82) is 0 Å². The fourth-order valence-corrected chi connectivity index (χ4v) is 3.99. The number of rotatable bonds is 7. The number of amides is 1. The predicted molar refractivity (Wildman–Crippen MR) is 118 cm³/mol.